The van der Waals surface area contributed by atoms with E-state index in [0.717, 1.165) is 18.2 Å². The van der Waals surface area contributed by atoms with Crippen LogP contribution < -0.4 is 10.1 Å². The monoisotopic (exact) mass is 513 g/mol. The number of benzene rings is 3. The van der Waals surface area contributed by atoms with E-state index in [2.05, 4.69) is 10.2 Å². The predicted molar refractivity (Wildman–Crippen MR) is 106 cm³/mol. The van der Waals surface area contributed by atoms with Gasteiger partial charge in [-0.15, -0.1) is 0 Å². The number of aromatic hydroxyl groups is 1. The van der Waals surface area contributed by atoms with E-state index in [1.165, 1.54) is 24.3 Å². The first kappa shape index (κ1) is 22.0. The molecule has 0 saturated carbocycles. The first-order valence-electron chi connectivity index (χ1n) is 7.81. The van der Waals surface area contributed by atoms with E-state index in [1.807, 2.05) is 0 Å². The standard InChI is InChI=1S/C16H12AsN3O8S2/c18-12-7-11(29(23,24)25)5-8-6-13(30(26,27)28)15(16(21)14(8)12)20-19-10-3-1-9(17-22)2-4-10/h1-7,21H,18H2,(H,23,24,25)(H,26,27,28). The third kappa shape index (κ3) is 4.39. The normalized spacial score (nSPS) is 12.7. The van der Waals surface area contributed by atoms with Crippen molar-refractivity contribution in [3.05, 3.63) is 42.5 Å². The minimum atomic E-state index is -4.93. The van der Waals surface area contributed by atoms with Crippen LogP contribution in [0.25, 0.3) is 10.8 Å². The van der Waals surface area contributed by atoms with Crippen molar-refractivity contribution < 1.29 is 34.8 Å². The van der Waals surface area contributed by atoms with Crippen molar-refractivity contribution in [1.82, 2.24) is 0 Å². The molecule has 3 rings (SSSR count). The van der Waals surface area contributed by atoms with Crippen LogP contribution in [0.2, 0.25) is 0 Å². The van der Waals surface area contributed by atoms with Gasteiger partial charge in [0.15, 0.2) is 0 Å². The molecular weight excluding hydrogens is 501 g/mol. The maximum absolute atomic E-state index is 11.8. The second-order valence-electron chi connectivity index (χ2n) is 5.94. The van der Waals surface area contributed by atoms with Gasteiger partial charge in [0.25, 0.3) is 10.1 Å². The maximum atomic E-state index is 11.8. The summed E-state index contributed by atoms with van der Waals surface area (Å²) >= 11 is -1.23. The molecule has 0 atom stereocenters. The number of nitrogens with two attached hydrogens (primary N) is 1. The first-order valence-corrected chi connectivity index (χ1v) is 12.4. The number of rotatable bonds is 5. The van der Waals surface area contributed by atoms with E-state index in [-0.39, 0.29) is 22.1 Å². The van der Waals surface area contributed by atoms with Crippen LogP contribution in [0.4, 0.5) is 17.1 Å². The molecule has 0 bridgehead atoms. The molecule has 0 saturated heterocycles. The molecule has 0 spiro atoms. The van der Waals surface area contributed by atoms with Crippen LogP contribution in [-0.4, -0.2) is 46.7 Å². The first-order chi connectivity index (χ1) is 13.9. The van der Waals surface area contributed by atoms with Crippen molar-refractivity contribution in [2.24, 2.45) is 10.2 Å². The molecule has 0 radical (unpaired) electrons. The van der Waals surface area contributed by atoms with Gasteiger partial charge >= 0.3 is 154 Å². The summed E-state index contributed by atoms with van der Waals surface area (Å²) in [5.41, 5.74) is 5.09. The van der Waals surface area contributed by atoms with Gasteiger partial charge < -0.3 is 0 Å². The van der Waals surface area contributed by atoms with Gasteiger partial charge in [-0.2, -0.15) is 8.42 Å². The van der Waals surface area contributed by atoms with Gasteiger partial charge in [0.05, 0.1) is 0 Å². The van der Waals surface area contributed by atoms with Crippen molar-refractivity contribution in [3.63, 3.8) is 0 Å². The summed E-state index contributed by atoms with van der Waals surface area (Å²) in [5, 5.41) is 17.7. The Hall–Kier alpha value is -2.70. The predicted octanol–water partition coefficient (Wildman–Crippen LogP) is 1.71. The Morgan fingerprint density at radius 3 is 2.07 bits per heavy atom. The van der Waals surface area contributed by atoms with Crippen LogP contribution in [0.1, 0.15) is 0 Å². The number of phenols is 1. The summed E-state index contributed by atoms with van der Waals surface area (Å²) in [7, 11) is -9.60. The number of nitrogen functional groups attached to an aromatic ring is 1. The van der Waals surface area contributed by atoms with Crippen LogP contribution in [0.15, 0.2) is 62.5 Å². The van der Waals surface area contributed by atoms with Crippen LogP contribution in [0, 0.1) is 0 Å². The molecule has 156 valence electrons. The minimum absolute atomic E-state index is 0.158. The molecule has 30 heavy (non-hydrogen) atoms. The third-order valence-electron chi connectivity index (χ3n) is 3.95. The Morgan fingerprint density at radius 2 is 1.53 bits per heavy atom. The zero-order valence-corrected chi connectivity index (χ0v) is 18.2. The number of azo groups is 1. The fourth-order valence-electron chi connectivity index (χ4n) is 2.62. The fraction of sp³-hybridized carbons (Fsp3) is 0. The van der Waals surface area contributed by atoms with Gasteiger partial charge in [-0.1, -0.05) is 0 Å². The number of phenolic OH excluding ortho intramolecular Hbond substituents is 1. The van der Waals surface area contributed by atoms with Gasteiger partial charge in [-0.05, 0) is 0 Å². The Balaban J connectivity index is 2.29. The number of hydrogen-bond acceptors (Lipinski definition) is 9. The van der Waals surface area contributed by atoms with Crippen LogP contribution in [-0.2, 0) is 24.0 Å². The van der Waals surface area contributed by atoms with Crippen LogP contribution in [0.5, 0.6) is 5.75 Å². The number of nitrogens with zero attached hydrogens (tertiary/aromatic N) is 2. The van der Waals surface area contributed by atoms with Crippen molar-refractivity contribution in [2.75, 3.05) is 5.73 Å². The average molecular weight is 513 g/mol. The molecule has 11 nitrogen and oxygen atoms in total. The van der Waals surface area contributed by atoms with Gasteiger partial charge in [0.1, 0.15) is 0 Å². The molecular formula is C16H12AsN3O8S2. The van der Waals surface area contributed by atoms with Crippen molar-refractivity contribution in [2.45, 2.75) is 9.79 Å². The van der Waals surface area contributed by atoms with Crippen LogP contribution in [0.3, 0.4) is 0 Å². The van der Waals surface area contributed by atoms with E-state index in [4.69, 9.17) is 5.73 Å². The van der Waals surface area contributed by atoms with Crippen molar-refractivity contribution in [3.8, 4) is 5.75 Å². The summed E-state index contributed by atoms with van der Waals surface area (Å²) < 4.78 is 76.7. The van der Waals surface area contributed by atoms with Crippen LogP contribution >= 0.6 is 0 Å². The van der Waals surface area contributed by atoms with Gasteiger partial charge in [0.2, 0.25) is 0 Å². The topological polar surface area (TPSA) is 197 Å². The fourth-order valence-corrected chi connectivity index (χ4v) is 4.40. The summed E-state index contributed by atoms with van der Waals surface area (Å²) in [6.07, 6.45) is 0. The van der Waals surface area contributed by atoms with E-state index < -0.39 is 57.2 Å². The Bertz CT molecular complexity index is 1420. The zero-order valence-electron chi connectivity index (χ0n) is 14.7. The molecule has 5 N–H and O–H groups in total. The average Bonchev–Trinajstić information content (AvgIpc) is 2.65. The van der Waals surface area contributed by atoms with E-state index in [1.54, 1.807) is 0 Å². The molecule has 0 amide bonds. The van der Waals surface area contributed by atoms with E-state index >= 15 is 0 Å². The Labute approximate surface area is 176 Å². The molecule has 0 aliphatic carbocycles. The summed E-state index contributed by atoms with van der Waals surface area (Å²) in [6, 6.07) is 8.57. The molecule has 0 unspecified atom stereocenters. The summed E-state index contributed by atoms with van der Waals surface area (Å²) in [4.78, 5) is -1.49. The Morgan fingerprint density at radius 1 is 0.900 bits per heavy atom. The molecule has 3 aromatic carbocycles. The molecule has 0 aliphatic heterocycles. The molecule has 0 aromatic heterocycles. The number of fused-ring (bicyclic) bond motifs is 1. The number of anilines is 1. The summed E-state index contributed by atoms with van der Waals surface area (Å²) in [6.45, 7) is 0. The molecule has 0 fully saturated rings. The van der Waals surface area contributed by atoms with Gasteiger partial charge in [-0.3, -0.25) is 4.55 Å². The SMILES string of the molecule is Nc1cc(S(=O)(=O)O)cc2cc(S(=O)(=O)O)c(N=Nc3ccc([As]=O)cc3)c(O)c12. The quantitative estimate of drug-likeness (QED) is 0.170. The van der Waals surface area contributed by atoms with Crippen molar-refractivity contribution in [1.29, 1.82) is 0 Å². The molecule has 14 heteroatoms. The van der Waals surface area contributed by atoms with E-state index in [9.17, 15) is 34.8 Å². The second-order valence-corrected chi connectivity index (χ2v) is 10.2. The molecule has 0 heterocycles. The van der Waals surface area contributed by atoms with Gasteiger partial charge in [-0.25, -0.2) is 0 Å². The summed E-state index contributed by atoms with van der Waals surface area (Å²) in [5.74, 6) is -0.774. The molecule has 3 aromatic rings. The Kier molecular flexibility index (Phi) is 5.76. The van der Waals surface area contributed by atoms with E-state index in [0.29, 0.717) is 4.35 Å². The number of hydrogen-bond donors (Lipinski definition) is 4. The second kappa shape index (κ2) is 7.85. The molecule has 0 aliphatic rings. The van der Waals surface area contributed by atoms with Crippen molar-refractivity contribution >= 4 is 68.1 Å². The van der Waals surface area contributed by atoms with Gasteiger partial charge in [0, 0.05) is 0 Å². The third-order valence-corrected chi connectivity index (χ3v) is 6.72. The zero-order chi connectivity index (χ0) is 22.3.